The van der Waals surface area contributed by atoms with Gasteiger partial charge in [0.05, 0.1) is 7.11 Å². The van der Waals surface area contributed by atoms with Crippen LogP contribution in [0.5, 0.6) is 5.75 Å². The number of hydrogen-bond acceptors (Lipinski definition) is 2. The molecule has 0 unspecified atom stereocenters. The highest BCUT2D eigenvalue weighted by molar-refractivity contribution is 5.58. The normalized spacial score (nSPS) is 15.8. The van der Waals surface area contributed by atoms with Gasteiger partial charge in [-0.3, -0.25) is 0 Å². The van der Waals surface area contributed by atoms with Crippen LogP contribution in [0.4, 0.5) is 5.69 Å². The highest BCUT2D eigenvalue weighted by Crippen LogP contribution is 2.33. The fraction of sp³-hybridized carbons (Fsp3) is 0.600. The summed E-state index contributed by atoms with van der Waals surface area (Å²) in [5.74, 6) is 1.50. The van der Waals surface area contributed by atoms with Gasteiger partial charge in [-0.15, -0.1) is 0 Å². The Morgan fingerprint density at radius 2 is 2.00 bits per heavy atom. The van der Waals surface area contributed by atoms with Gasteiger partial charge in [-0.25, -0.2) is 0 Å². The van der Waals surface area contributed by atoms with E-state index < -0.39 is 0 Å². The molecule has 1 aliphatic rings. The summed E-state index contributed by atoms with van der Waals surface area (Å²) in [5, 5.41) is 3.64. The third-order valence-electron chi connectivity index (χ3n) is 3.66. The topological polar surface area (TPSA) is 21.3 Å². The summed E-state index contributed by atoms with van der Waals surface area (Å²) in [6.07, 6.45) is 3.98. The highest BCUT2D eigenvalue weighted by Gasteiger charge is 2.19. The van der Waals surface area contributed by atoms with Crippen LogP contribution in [0, 0.1) is 6.92 Å². The summed E-state index contributed by atoms with van der Waals surface area (Å²) < 4.78 is 5.46. The van der Waals surface area contributed by atoms with Crippen molar-refractivity contribution in [2.24, 2.45) is 0 Å². The molecule has 1 saturated carbocycles. The van der Waals surface area contributed by atoms with Gasteiger partial charge in [0.15, 0.2) is 0 Å². The summed E-state index contributed by atoms with van der Waals surface area (Å²) in [6.45, 7) is 6.56. The fourth-order valence-corrected chi connectivity index (χ4v) is 2.25. The molecular formula is C15H23NO. The minimum Gasteiger partial charge on any atom is -0.496 e. The van der Waals surface area contributed by atoms with E-state index in [-0.39, 0.29) is 0 Å². The van der Waals surface area contributed by atoms with Crippen molar-refractivity contribution in [3.05, 3.63) is 23.3 Å². The van der Waals surface area contributed by atoms with Crippen molar-refractivity contribution in [2.45, 2.75) is 52.0 Å². The third kappa shape index (κ3) is 2.56. The molecule has 1 fully saturated rings. The Labute approximate surface area is 104 Å². The molecular weight excluding hydrogens is 210 g/mol. The molecule has 94 valence electrons. The van der Waals surface area contributed by atoms with Gasteiger partial charge in [-0.2, -0.15) is 0 Å². The van der Waals surface area contributed by atoms with Crippen molar-refractivity contribution in [1.82, 2.24) is 0 Å². The van der Waals surface area contributed by atoms with Crippen LogP contribution in [-0.2, 0) is 0 Å². The van der Waals surface area contributed by atoms with E-state index in [0.29, 0.717) is 12.0 Å². The van der Waals surface area contributed by atoms with Crippen LogP contribution in [0.15, 0.2) is 12.1 Å². The molecule has 0 radical (unpaired) electrons. The van der Waals surface area contributed by atoms with Gasteiger partial charge in [0.25, 0.3) is 0 Å². The van der Waals surface area contributed by atoms with Gasteiger partial charge >= 0.3 is 0 Å². The molecule has 0 aliphatic heterocycles. The highest BCUT2D eigenvalue weighted by atomic mass is 16.5. The molecule has 0 aromatic heterocycles. The number of ether oxygens (including phenoxy) is 1. The Morgan fingerprint density at radius 3 is 2.47 bits per heavy atom. The molecule has 0 saturated heterocycles. The van der Waals surface area contributed by atoms with Crippen molar-refractivity contribution in [1.29, 1.82) is 0 Å². The molecule has 2 rings (SSSR count). The number of benzene rings is 1. The van der Waals surface area contributed by atoms with Gasteiger partial charge in [0, 0.05) is 11.7 Å². The van der Waals surface area contributed by atoms with Crippen LogP contribution in [0.1, 0.15) is 50.2 Å². The standard InChI is InChI=1S/C15H23NO/c1-10(2)13-9-14(16-12-6-5-7-12)11(3)8-15(13)17-4/h8-10,12,16H,5-7H2,1-4H3. The van der Waals surface area contributed by atoms with Gasteiger partial charge in [0.1, 0.15) is 5.75 Å². The zero-order valence-electron chi connectivity index (χ0n) is 11.3. The van der Waals surface area contributed by atoms with E-state index >= 15 is 0 Å². The molecule has 0 amide bonds. The minimum atomic E-state index is 0.493. The Balaban J connectivity index is 2.28. The fourth-order valence-electron chi connectivity index (χ4n) is 2.25. The SMILES string of the molecule is COc1cc(C)c(NC2CCC2)cc1C(C)C. The molecule has 0 bridgehead atoms. The number of methoxy groups -OCH3 is 1. The molecule has 1 N–H and O–H groups in total. The van der Waals surface area contributed by atoms with Crippen molar-refractivity contribution >= 4 is 5.69 Å². The maximum Gasteiger partial charge on any atom is 0.122 e. The lowest BCUT2D eigenvalue weighted by Gasteiger charge is -2.29. The lowest BCUT2D eigenvalue weighted by Crippen LogP contribution is -2.27. The van der Waals surface area contributed by atoms with Gasteiger partial charge in [-0.1, -0.05) is 13.8 Å². The first-order chi connectivity index (χ1) is 8.11. The third-order valence-corrected chi connectivity index (χ3v) is 3.66. The zero-order valence-corrected chi connectivity index (χ0v) is 11.3. The lowest BCUT2D eigenvalue weighted by atomic mass is 9.92. The average molecular weight is 233 g/mol. The maximum absolute atomic E-state index is 5.46. The number of hydrogen-bond donors (Lipinski definition) is 1. The second-order valence-electron chi connectivity index (χ2n) is 5.34. The molecule has 0 heterocycles. The number of aryl methyl sites for hydroxylation is 1. The van der Waals surface area contributed by atoms with Crippen molar-refractivity contribution in [3.8, 4) is 5.75 Å². The molecule has 1 aliphatic carbocycles. The Hall–Kier alpha value is -1.18. The second kappa shape index (κ2) is 4.99. The average Bonchev–Trinajstić information content (AvgIpc) is 2.24. The summed E-state index contributed by atoms with van der Waals surface area (Å²) in [4.78, 5) is 0. The van der Waals surface area contributed by atoms with E-state index in [9.17, 15) is 0 Å². The first-order valence-electron chi connectivity index (χ1n) is 6.57. The van der Waals surface area contributed by atoms with Crippen LogP contribution >= 0.6 is 0 Å². The first-order valence-corrected chi connectivity index (χ1v) is 6.57. The van der Waals surface area contributed by atoms with Crippen molar-refractivity contribution in [2.75, 3.05) is 12.4 Å². The molecule has 17 heavy (non-hydrogen) atoms. The largest absolute Gasteiger partial charge is 0.496 e. The summed E-state index contributed by atoms with van der Waals surface area (Å²) in [5.41, 5.74) is 3.84. The van der Waals surface area contributed by atoms with Crippen molar-refractivity contribution in [3.63, 3.8) is 0 Å². The van der Waals surface area contributed by atoms with E-state index in [2.05, 4.69) is 38.2 Å². The molecule has 1 aromatic rings. The monoisotopic (exact) mass is 233 g/mol. The smallest absolute Gasteiger partial charge is 0.122 e. The van der Waals surface area contributed by atoms with E-state index in [4.69, 9.17) is 4.74 Å². The van der Waals surface area contributed by atoms with Gasteiger partial charge in [-0.05, 0) is 55.4 Å². The summed E-state index contributed by atoms with van der Waals surface area (Å²) in [7, 11) is 1.75. The Bertz CT molecular complexity index is 394. The van der Waals surface area contributed by atoms with Crippen molar-refractivity contribution < 1.29 is 4.74 Å². The Kier molecular flexibility index (Phi) is 3.60. The number of rotatable bonds is 4. The second-order valence-corrected chi connectivity index (χ2v) is 5.34. The van der Waals surface area contributed by atoms with E-state index in [1.165, 1.54) is 36.1 Å². The molecule has 0 spiro atoms. The minimum absolute atomic E-state index is 0.493. The van der Waals surface area contributed by atoms with Crippen LogP contribution in [0.25, 0.3) is 0 Å². The van der Waals surface area contributed by atoms with Gasteiger partial charge in [0.2, 0.25) is 0 Å². The number of nitrogens with one attached hydrogen (secondary N) is 1. The molecule has 2 nitrogen and oxygen atoms in total. The van der Waals surface area contributed by atoms with E-state index in [0.717, 1.165) is 5.75 Å². The molecule has 0 atom stereocenters. The predicted molar refractivity (Wildman–Crippen MR) is 73.1 cm³/mol. The molecule has 2 heteroatoms. The van der Waals surface area contributed by atoms with Gasteiger partial charge < -0.3 is 10.1 Å². The van der Waals surface area contributed by atoms with E-state index in [1.54, 1.807) is 7.11 Å². The van der Waals surface area contributed by atoms with E-state index in [1.807, 2.05) is 0 Å². The van der Waals surface area contributed by atoms with Crippen LogP contribution in [0.2, 0.25) is 0 Å². The van der Waals surface area contributed by atoms with Crippen LogP contribution in [0.3, 0.4) is 0 Å². The number of anilines is 1. The first kappa shape index (κ1) is 12.3. The predicted octanol–water partition coefficient (Wildman–Crippen LogP) is 4.09. The Morgan fingerprint density at radius 1 is 1.29 bits per heavy atom. The quantitative estimate of drug-likeness (QED) is 0.845. The van der Waals surface area contributed by atoms with Crippen LogP contribution in [-0.4, -0.2) is 13.2 Å². The molecule has 1 aromatic carbocycles. The summed E-state index contributed by atoms with van der Waals surface area (Å²) >= 11 is 0. The maximum atomic E-state index is 5.46. The van der Waals surface area contributed by atoms with Crippen LogP contribution < -0.4 is 10.1 Å². The zero-order chi connectivity index (χ0) is 12.4. The lowest BCUT2D eigenvalue weighted by molar-refractivity contribution is 0.407. The summed E-state index contributed by atoms with van der Waals surface area (Å²) in [6, 6.07) is 5.09.